The van der Waals surface area contributed by atoms with Crippen molar-refractivity contribution in [3.8, 4) is 28.3 Å². The van der Waals surface area contributed by atoms with Gasteiger partial charge in [0, 0.05) is 28.8 Å². The average molecular weight is 707 g/mol. The summed E-state index contributed by atoms with van der Waals surface area (Å²) in [6.07, 6.45) is 1.97. The van der Waals surface area contributed by atoms with Crippen LogP contribution in [0.3, 0.4) is 0 Å². The van der Waals surface area contributed by atoms with Crippen LogP contribution in [0.1, 0.15) is 22.3 Å². The summed E-state index contributed by atoms with van der Waals surface area (Å²) >= 11 is 0. The topological polar surface area (TPSA) is 34.0 Å². The largest absolute Gasteiger partial charge is 0.311 e. The normalized spacial score (nSPS) is 12.3. The summed E-state index contributed by atoms with van der Waals surface area (Å²) in [6.45, 7) is 8.61. The number of anilines is 3. The van der Waals surface area contributed by atoms with Crippen LogP contribution in [-0.4, -0.2) is 21.2 Å². The quantitative estimate of drug-likeness (QED) is 0.167. The molecule has 1 aliphatic heterocycles. The molecule has 0 radical (unpaired) electrons. The van der Waals surface area contributed by atoms with E-state index in [9.17, 15) is 0 Å². The number of para-hydroxylation sites is 4. The number of benzene rings is 7. The van der Waals surface area contributed by atoms with Crippen molar-refractivity contribution < 1.29 is 0 Å². The monoisotopic (exact) mass is 706 g/mol. The van der Waals surface area contributed by atoms with Crippen molar-refractivity contribution in [1.82, 2.24) is 14.5 Å². The van der Waals surface area contributed by atoms with Crippen LogP contribution in [-0.2, 0) is 0 Å². The van der Waals surface area contributed by atoms with Gasteiger partial charge in [0.15, 0.2) is 0 Å². The molecule has 2 aromatic heterocycles. The Hall–Kier alpha value is -6.72. The Balaban J connectivity index is 1.24. The Morgan fingerprint density at radius 2 is 1.27 bits per heavy atom. The van der Waals surface area contributed by atoms with Crippen molar-refractivity contribution in [3.63, 3.8) is 0 Å². The molecule has 0 amide bonds. The van der Waals surface area contributed by atoms with Gasteiger partial charge in [-0.15, -0.1) is 0 Å². The first-order chi connectivity index (χ1) is 26.9. The van der Waals surface area contributed by atoms with E-state index in [1.807, 2.05) is 6.20 Å². The maximum atomic E-state index is 5.36. The number of aromatic nitrogens is 3. The third-order valence-electron chi connectivity index (χ3n) is 11.2. The van der Waals surface area contributed by atoms with Gasteiger partial charge in [0.25, 0.3) is 0 Å². The molecule has 9 aromatic rings. The van der Waals surface area contributed by atoms with Crippen LogP contribution in [0.5, 0.6) is 0 Å². The van der Waals surface area contributed by atoms with E-state index in [0.717, 1.165) is 45.1 Å². The molecule has 0 saturated carbocycles. The van der Waals surface area contributed by atoms with E-state index in [1.165, 1.54) is 60.8 Å². The fourth-order valence-corrected chi connectivity index (χ4v) is 8.80. The van der Waals surface area contributed by atoms with Crippen molar-refractivity contribution in [3.05, 3.63) is 186 Å². The smallest absolute Gasteiger partial charge is 0.246 e. The fourth-order valence-electron chi connectivity index (χ4n) is 8.80. The van der Waals surface area contributed by atoms with Crippen molar-refractivity contribution in [2.75, 3.05) is 4.90 Å². The highest BCUT2D eigenvalue weighted by Crippen LogP contribution is 2.39. The zero-order valence-electron chi connectivity index (χ0n) is 31.5. The Morgan fingerprint density at radius 1 is 0.527 bits per heavy atom. The van der Waals surface area contributed by atoms with Crippen LogP contribution in [0.15, 0.2) is 164 Å². The van der Waals surface area contributed by atoms with Crippen LogP contribution >= 0.6 is 0 Å². The van der Waals surface area contributed by atoms with Crippen molar-refractivity contribution >= 4 is 62.0 Å². The zero-order valence-corrected chi connectivity index (χ0v) is 31.5. The van der Waals surface area contributed by atoms with Gasteiger partial charge in [-0.05, 0) is 120 Å². The van der Waals surface area contributed by atoms with E-state index in [-0.39, 0.29) is 6.71 Å². The average Bonchev–Trinajstić information content (AvgIpc) is 3.58. The number of nitrogens with zero attached hydrogens (tertiary/aromatic N) is 4. The lowest BCUT2D eigenvalue weighted by molar-refractivity contribution is 1.06. The highest BCUT2D eigenvalue weighted by molar-refractivity contribution is 6.98. The fraction of sp³-hybridized carbons (Fsp3) is 0.0800. The summed E-state index contributed by atoms with van der Waals surface area (Å²) < 4.78 is 2.36. The first kappa shape index (κ1) is 32.9. The Labute approximate surface area is 322 Å². The first-order valence-electron chi connectivity index (χ1n) is 19.0. The van der Waals surface area contributed by atoms with Crippen molar-refractivity contribution in [2.45, 2.75) is 27.7 Å². The SMILES string of the molecule is Cc1cnc(-c2cccc(B3c4ccccc4N(c4ccc5ccccc5c4)c4ccc(-c5nc6ccccc6n5-c5c(C)cccc5C)cc43)c2)c(C)c1. The third kappa shape index (κ3) is 5.46. The Bertz CT molecular complexity index is 2940. The molecule has 0 unspecified atom stereocenters. The second-order valence-corrected chi connectivity index (χ2v) is 14.9. The molecule has 0 aliphatic carbocycles. The summed E-state index contributed by atoms with van der Waals surface area (Å²) in [5.41, 5.74) is 18.4. The lowest BCUT2D eigenvalue weighted by Crippen LogP contribution is -2.57. The minimum absolute atomic E-state index is 0.0356. The lowest BCUT2D eigenvalue weighted by Gasteiger charge is -2.37. The van der Waals surface area contributed by atoms with Crippen LogP contribution in [0, 0.1) is 27.7 Å². The maximum Gasteiger partial charge on any atom is 0.246 e. The predicted octanol–water partition coefficient (Wildman–Crippen LogP) is 10.4. The number of rotatable bonds is 5. The Morgan fingerprint density at radius 3 is 2.13 bits per heavy atom. The minimum Gasteiger partial charge on any atom is -0.311 e. The molecule has 1 aliphatic rings. The first-order valence-corrected chi connectivity index (χ1v) is 19.0. The van der Waals surface area contributed by atoms with Gasteiger partial charge in [-0.2, -0.15) is 0 Å². The second kappa shape index (κ2) is 13.0. The molecule has 0 atom stereocenters. The molecule has 5 heteroatoms. The molecule has 0 bridgehead atoms. The van der Waals surface area contributed by atoms with Gasteiger partial charge < -0.3 is 4.90 Å². The van der Waals surface area contributed by atoms with Crippen molar-refractivity contribution in [1.29, 1.82) is 0 Å². The molecule has 0 fully saturated rings. The van der Waals surface area contributed by atoms with Gasteiger partial charge in [-0.3, -0.25) is 9.55 Å². The van der Waals surface area contributed by atoms with E-state index in [1.54, 1.807) is 0 Å². The van der Waals surface area contributed by atoms with E-state index < -0.39 is 0 Å². The molecule has 3 heterocycles. The number of fused-ring (bicyclic) bond motifs is 4. The Kier molecular flexibility index (Phi) is 7.77. The molecule has 7 aromatic carbocycles. The zero-order chi connectivity index (χ0) is 37.2. The number of imidazole rings is 1. The summed E-state index contributed by atoms with van der Waals surface area (Å²) in [5.74, 6) is 0.935. The highest BCUT2D eigenvalue weighted by atomic mass is 15.2. The molecular weight excluding hydrogens is 667 g/mol. The second-order valence-electron chi connectivity index (χ2n) is 14.9. The van der Waals surface area contributed by atoms with E-state index in [0.29, 0.717) is 0 Å². The van der Waals surface area contributed by atoms with Gasteiger partial charge in [0.1, 0.15) is 5.82 Å². The van der Waals surface area contributed by atoms with Crippen molar-refractivity contribution in [2.24, 2.45) is 0 Å². The van der Waals surface area contributed by atoms with Crippen LogP contribution in [0.4, 0.5) is 17.1 Å². The summed E-state index contributed by atoms with van der Waals surface area (Å²) in [6, 6.07) is 57.5. The molecular formula is C50H39BN4. The molecule has 262 valence electrons. The van der Waals surface area contributed by atoms with Gasteiger partial charge in [0.05, 0.1) is 22.4 Å². The predicted molar refractivity (Wildman–Crippen MR) is 232 cm³/mol. The molecule has 55 heavy (non-hydrogen) atoms. The van der Waals surface area contributed by atoms with Crippen LogP contribution in [0.2, 0.25) is 0 Å². The minimum atomic E-state index is -0.0356. The molecule has 0 spiro atoms. The lowest BCUT2D eigenvalue weighted by atomic mass is 9.35. The number of aryl methyl sites for hydroxylation is 4. The molecule has 4 nitrogen and oxygen atoms in total. The summed E-state index contributed by atoms with van der Waals surface area (Å²) in [5, 5.41) is 2.45. The van der Waals surface area contributed by atoms with Crippen LogP contribution in [0.25, 0.3) is 50.1 Å². The molecule has 0 saturated heterocycles. The number of hydrogen-bond acceptors (Lipinski definition) is 3. The molecule has 0 N–H and O–H groups in total. The highest BCUT2D eigenvalue weighted by Gasteiger charge is 2.36. The van der Waals surface area contributed by atoms with E-state index in [4.69, 9.17) is 9.97 Å². The number of hydrogen-bond donors (Lipinski definition) is 0. The maximum absolute atomic E-state index is 5.36. The van der Waals surface area contributed by atoms with Crippen LogP contribution < -0.4 is 21.3 Å². The third-order valence-corrected chi connectivity index (χ3v) is 11.2. The van der Waals surface area contributed by atoms with E-state index in [2.05, 4.69) is 195 Å². The van der Waals surface area contributed by atoms with Gasteiger partial charge in [-0.25, -0.2) is 4.98 Å². The standard InChI is InChI=1S/C50H39BN4/c1-32-27-35(4)48(52-31-32)38-17-12-18-40(28-38)51-42-19-7-9-21-45(42)54(41-25-23-36-15-5-6-16-37(36)29-41)46-26-24-39(30-43(46)51)50-53-44-20-8-10-22-47(44)55(50)49-33(2)13-11-14-34(49)3/h5-31H,1-4H3. The van der Waals surface area contributed by atoms with E-state index >= 15 is 0 Å². The summed E-state index contributed by atoms with van der Waals surface area (Å²) in [7, 11) is 0. The van der Waals surface area contributed by atoms with Gasteiger partial charge >= 0.3 is 0 Å². The summed E-state index contributed by atoms with van der Waals surface area (Å²) in [4.78, 5) is 12.7. The molecule has 10 rings (SSSR count). The number of pyridine rings is 1. The van der Waals surface area contributed by atoms with Gasteiger partial charge in [0.2, 0.25) is 6.71 Å². The van der Waals surface area contributed by atoms with Gasteiger partial charge in [-0.1, -0.05) is 121 Å².